The van der Waals surface area contributed by atoms with Crippen LogP contribution in [0.25, 0.3) is 22.4 Å². The minimum Gasteiger partial charge on any atom is -0.280 e. The number of benzene rings is 3. The van der Waals surface area contributed by atoms with E-state index in [1.165, 1.54) is 17.7 Å². The molecule has 0 saturated heterocycles. The number of sulfone groups is 1. The van der Waals surface area contributed by atoms with E-state index in [2.05, 4.69) is 32.3 Å². The highest BCUT2D eigenvalue weighted by molar-refractivity contribution is 7.90. The van der Waals surface area contributed by atoms with Gasteiger partial charge in [-0.25, -0.2) is 18.4 Å². The Morgan fingerprint density at radius 3 is 2.40 bits per heavy atom. The Balaban J connectivity index is 1.33. The lowest BCUT2D eigenvalue weighted by atomic mass is 10.1. The summed E-state index contributed by atoms with van der Waals surface area (Å²) in [7, 11) is -3.66. The molecule has 0 radical (unpaired) electrons. The number of hydrogen-bond donors (Lipinski definition) is 1. The second kappa shape index (κ2) is 9.77. The van der Waals surface area contributed by atoms with Crippen LogP contribution < -0.4 is 0 Å². The van der Waals surface area contributed by atoms with Crippen molar-refractivity contribution in [1.82, 2.24) is 20.2 Å². The summed E-state index contributed by atoms with van der Waals surface area (Å²) in [4.78, 5) is 9.13. The second-order valence-corrected chi connectivity index (χ2v) is 11.0. The van der Waals surface area contributed by atoms with Gasteiger partial charge in [-0.15, -0.1) is 0 Å². The first-order chi connectivity index (χ1) is 16.9. The lowest BCUT2D eigenvalue weighted by Gasteiger charge is -2.08. The van der Waals surface area contributed by atoms with Gasteiger partial charge in [-0.05, 0) is 42.2 Å². The van der Waals surface area contributed by atoms with Crippen LogP contribution in [0.15, 0.2) is 83.9 Å². The predicted octanol–water partition coefficient (Wildman–Crippen LogP) is 6.09. The number of aromatic amines is 1. The molecule has 9 heteroatoms. The van der Waals surface area contributed by atoms with E-state index in [-0.39, 0.29) is 15.7 Å². The van der Waals surface area contributed by atoms with Crippen LogP contribution in [0, 0.1) is 0 Å². The largest absolute Gasteiger partial charge is 0.280 e. The average molecular weight is 523 g/mol. The van der Waals surface area contributed by atoms with E-state index < -0.39 is 9.84 Å². The molecule has 0 fully saturated rings. The Hall–Kier alpha value is -3.26. The first-order valence-electron chi connectivity index (χ1n) is 10.9. The topological polar surface area (TPSA) is 88.6 Å². The van der Waals surface area contributed by atoms with Crippen molar-refractivity contribution < 1.29 is 8.42 Å². The van der Waals surface area contributed by atoms with Crippen molar-refractivity contribution in [3.05, 3.63) is 106 Å². The first-order valence-corrected chi connectivity index (χ1v) is 13.3. The minimum atomic E-state index is -3.66. The molecule has 6 nitrogen and oxygen atoms in total. The van der Waals surface area contributed by atoms with Gasteiger partial charge in [-0.1, -0.05) is 77.8 Å². The summed E-state index contributed by atoms with van der Waals surface area (Å²) in [5, 5.41) is 8.79. The van der Waals surface area contributed by atoms with Crippen LogP contribution in [0.3, 0.4) is 0 Å². The molecule has 2 aromatic heterocycles. The third-order valence-electron chi connectivity index (χ3n) is 5.69. The van der Waals surface area contributed by atoms with Gasteiger partial charge < -0.3 is 0 Å². The lowest BCUT2D eigenvalue weighted by molar-refractivity contribution is 0.595. The molecule has 35 heavy (non-hydrogen) atoms. The zero-order chi connectivity index (χ0) is 24.4. The number of nitrogens with one attached hydrogen (secondary N) is 1. The molecule has 176 valence electrons. The number of halogens is 2. The van der Waals surface area contributed by atoms with Gasteiger partial charge in [0.15, 0.2) is 21.3 Å². The van der Waals surface area contributed by atoms with Crippen molar-refractivity contribution in [3.63, 3.8) is 0 Å². The zero-order valence-corrected chi connectivity index (χ0v) is 20.8. The van der Waals surface area contributed by atoms with Crippen molar-refractivity contribution >= 4 is 44.1 Å². The molecule has 0 saturated carbocycles. The van der Waals surface area contributed by atoms with Crippen LogP contribution in [0.2, 0.25) is 10.0 Å². The van der Waals surface area contributed by atoms with Crippen LogP contribution >= 0.6 is 23.2 Å². The molecule has 0 aliphatic carbocycles. The van der Waals surface area contributed by atoms with E-state index in [1.54, 1.807) is 36.5 Å². The van der Waals surface area contributed by atoms with E-state index in [0.29, 0.717) is 22.1 Å². The summed E-state index contributed by atoms with van der Waals surface area (Å²) >= 11 is 12.0. The molecule has 0 aliphatic rings. The number of aromatic nitrogens is 4. The molecule has 0 bridgehead atoms. The fourth-order valence-electron chi connectivity index (χ4n) is 3.86. The second-order valence-electron chi connectivity index (χ2n) is 8.15. The van der Waals surface area contributed by atoms with E-state index in [0.717, 1.165) is 29.5 Å². The number of rotatable bonds is 7. The van der Waals surface area contributed by atoms with Crippen LogP contribution in [0.4, 0.5) is 0 Å². The highest BCUT2D eigenvalue weighted by Gasteiger charge is 2.19. The van der Waals surface area contributed by atoms with Crippen molar-refractivity contribution in [2.45, 2.75) is 23.5 Å². The van der Waals surface area contributed by atoms with E-state index in [9.17, 15) is 8.42 Å². The quantitative estimate of drug-likeness (QED) is 0.279. The number of H-pyrrole nitrogens is 1. The van der Waals surface area contributed by atoms with Crippen LogP contribution in [0.5, 0.6) is 0 Å². The molecule has 0 atom stereocenters. The molecular weight excluding hydrogens is 503 g/mol. The molecule has 2 heterocycles. The Labute approximate surface area is 212 Å². The summed E-state index contributed by atoms with van der Waals surface area (Å²) < 4.78 is 25.7. The van der Waals surface area contributed by atoms with Gasteiger partial charge in [0.2, 0.25) is 0 Å². The van der Waals surface area contributed by atoms with Crippen LogP contribution in [-0.2, 0) is 28.4 Å². The monoisotopic (exact) mass is 522 g/mol. The number of hydrogen-bond acceptors (Lipinski definition) is 5. The summed E-state index contributed by atoms with van der Waals surface area (Å²) in [5.74, 6) is 0.322. The van der Waals surface area contributed by atoms with Crippen LogP contribution in [0.1, 0.15) is 16.8 Å². The SMILES string of the molecule is O=S(=O)(Cc1ccc(-c2ncc3c(CCc4ccccc4)[nH]nc3n2)cc1)c1cc(Cl)ccc1Cl. The van der Waals surface area contributed by atoms with Gasteiger partial charge in [-0.3, -0.25) is 5.10 Å². The molecule has 0 amide bonds. The normalized spacial score (nSPS) is 11.7. The van der Waals surface area contributed by atoms with Crippen molar-refractivity contribution in [3.8, 4) is 11.4 Å². The zero-order valence-electron chi connectivity index (χ0n) is 18.4. The van der Waals surface area contributed by atoms with Gasteiger partial charge in [0.05, 0.1) is 21.1 Å². The Bertz CT molecular complexity index is 1600. The molecule has 0 spiro atoms. The molecule has 1 N–H and O–H groups in total. The van der Waals surface area contributed by atoms with E-state index in [1.807, 2.05) is 18.2 Å². The smallest absolute Gasteiger partial charge is 0.184 e. The molecule has 0 unspecified atom stereocenters. The molecule has 0 aliphatic heterocycles. The fraction of sp³-hybridized carbons (Fsp3) is 0.115. The lowest BCUT2D eigenvalue weighted by Crippen LogP contribution is -2.06. The highest BCUT2D eigenvalue weighted by Crippen LogP contribution is 2.28. The molecule has 5 rings (SSSR count). The van der Waals surface area contributed by atoms with Gasteiger partial charge in [0.25, 0.3) is 0 Å². The Morgan fingerprint density at radius 2 is 1.63 bits per heavy atom. The number of nitrogens with zero attached hydrogens (tertiary/aromatic N) is 3. The Morgan fingerprint density at radius 1 is 0.857 bits per heavy atom. The highest BCUT2D eigenvalue weighted by atomic mass is 35.5. The van der Waals surface area contributed by atoms with Crippen molar-refractivity contribution in [2.75, 3.05) is 0 Å². The van der Waals surface area contributed by atoms with Gasteiger partial charge in [0.1, 0.15) is 0 Å². The maximum Gasteiger partial charge on any atom is 0.184 e. The molecule has 5 aromatic rings. The summed E-state index contributed by atoms with van der Waals surface area (Å²) in [6.07, 6.45) is 3.48. The summed E-state index contributed by atoms with van der Waals surface area (Å²) in [5.41, 5.74) is 4.24. The third-order valence-corrected chi connectivity index (χ3v) is 8.09. The van der Waals surface area contributed by atoms with Gasteiger partial charge in [-0.2, -0.15) is 5.10 Å². The molecular formula is C26H20Cl2N4O2S. The first kappa shape index (κ1) is 23.5. The average Bonchev–Trinajstić information content (AvgIpc) is 3.27. The summed E-state index contributed by atoms with van der Waals surface area (Å²) in [6.45, 7) is 0. The fourth-order valence-corrected chi connectivity index (χ4v) is 6.02. The standard InChI is InChI=1S/C26H20Cl2N4O2S/c27-20-11-12-22(28)24(14-20)35(33,34)16-18-6-9-19(10-7-18)25-29-15-21-23(31-32-26(21)30-25)13-8-17-4-2-1-3-5-17/h1-7,9-12,14-15H,8,13,16H2,(H,29,30,31,32). The minimum absolute atomic E-state index is 0.0196. The maximum atomic E-state index is 12.8. The van der Waals surface area contributed by atoms with Gasteiger partial charge >= 0.3 is 0 Å². The van der Waals surface area contributed by atoms with Crippen molar-refractivity contribution in [1.29, 1.82) is 0 Å². The number of fused-ring (bicyclic) bond motifs is 1. The number of aryl methyl sites for hydroxylation is 2. The van der Waals surface area contributed by atoms with Crippen molar-refractivity contribution in [2.24, 2.45) is 0 Å². The maximum absolute atomic E-state index is 12.8. The van der Waals surface area contributed by atoms with Gasteiger partial charge in [0, 0.05) is 22.5 Å². The Kier molecular flexibility index (Phi) is 6.56. The predicted molar refractivity (Wildman–Crippen MR) is 138 cm³/mol. The molecule has 3 aromatic carbocycles. The van der Waals surface area contributed by atoms with E-state index >= 15 is 0 Å². The van der Waals surface area contributed by atoms with Crippen LogP contribution in [-0.4, -0.2) is 28.6 Å². The van der Waals surface area contributed by atoms with E-state index in [4.69, 9.17) is 23.2 Å². The summed E-state index contributed by atoms with van der Waals surface area (Å²) in [6, 6.07) is 21.8. The third kappa shape index (κ3) is 5.22.